The Labute approximate surface area is 102 Å². The minimum atomic E-state index is 0.285. The van der Waals surface area contributed by atoms with Crippen molar-refractivity contribution in [2.24, 2.45) is 5.92 Å². The second kappa shape index (κ2) is 5.86. The fourth-order valence-corrected chi connectivity index (χ4v) is 4.99. The summed E-state index contributed by atoms with van der Waals surface area (Å²) in [6.45, 7) is 6.73. The molecule has 0 nitrogen and oxygen atoms in total. The van der Waals surface area contributed by atoms with Gasteiger partial charge in [0.05, 0.1) is 0 Å². The highest BCUT2D eigenvalue weighted by Crippen LogP contribution is 2.39. The van der Waals surface area contributed by atoms with Crippen molar-refractivity contribution in [2.75, 3.05) is 0 Å². The number of halogens is 2. The Kier molecular flexibility index (Phi) is 5.44. The van der Waals surface area contributed by atoms with Gasteiger partial charge in [-0.3, -0.25) is 0 Å². The summed E-state index contributed by atoms with van der Waals surface area (Å²) in [4.78, 5) is 0. The second-order valence-electron chi connectivity index (χ2n) is 4.43. The van der Waals surface area contributed by atoms with Crippen LogP contribution in [-0.4, -0.2) is 21.3 Å². The third-order valence-electron chi connectivity index (χ3n) is 2.82. The number of alkyl halides is 2. The lowest BCUT2D eigenvalue weighted by atomic mass is 9.86. The molecule has 3 unspecified atom stereocenters. The summed E-state index contributed by atoms with van der Waals surface area (Å²) in [6.07, 6.45) is 3.47. The fraction of sp³-hybridized carbons (Fsp3) is 1.00. The van der Waals surface area contributed by atoms with Crippen molar-refractivity contribution in [2.45, 2.75) is 61.3 Å². The lowest BCUT2D eigenvalue weighted by Gasteiger charge is -2.36. The van der Waals surface area contributed by atoms with E-state index in [1.807, 2.05) is 11.8 Å². The topological polar surface area (TPSA) is 0 Å². The van der Waals surface area contributed by atoms with Crippen LogP contribution in [0.5, 0.6) is 0 Å². The fourth-order valence-electron chi connectivity index (χ4n) is 2.23. The van der Waals surface area contributed by atoms with E-state index in [1.54, 1.807) is 0 Å². The molecular weight excluding hydrogens is 235 g/mol. The van der Waals surface area contributed by atoms with E-state index in [-0.39, 0.29) is 10.8 Å². The molecule has 1 saturated carbocycles. The molecule has 3 atom stereocenters. The molecule has 0 aliphatic heterocycles. The molecule has 0 aromatic carbocycles. The molecule has 1 aliphatic carbocycles. The molecule has 0 amide bonds. The summed E-state index contributed by atoms with van der Waals surface area (Å²) in [6, 6.07) is 0. The third kappa shape index (κ3) is 3.50. The van der Waals surface area contributed by atoms with Gasteiger partial charge in [0.1, 0.15) is 0 Å². The van der Waals surface area contributed by atoms with Gasteiger partial charge in [-0.15, -0.1) is 23.2 Å². The monoisotopic (exact) mass is 254 g/mol. The van der Waals surface area contributed by atoms with Gasteiger partial charge in [0, 0.05) is 21.9 Å². The summed E-state index contributed by atoms with van der Waals surface area (Å²) in [5, 5.41) is 1.82. The lowest BCUT2D eigenvalue weighted by molar-refractivity contribution is 0.371. The molecular formula is C11H20Cl2S. The molecule has 0 bridgehead atoms. The van der Waals surface area contributed by atoms with E-state index in [9.17, 15) is 0 Å². The average molecular weight is 255 g/mol. The van der Waals surface area contributed by atoms with Crippen LogP contribution in [0.25, 0.3) is 0 Å². The zero-order chi connectivity index (χ0) is 10.7. The molecule has 0 saturated heterocycles. The van der Waals surface area contributed by atoms with Crippen molar-refractivity contribution in [1.29, 1.82) is 0 Å². The van der Waals surface area contributed by atoms with Gasteiger partial charge >= 0.3 is 0 Å². The van der Waals surface area contributed by atoms with Crippen molar-refractivity contribution < 1.29 is 0 Å². The van der Waals surface area contributed by atoms with Gasteiger partial charge in [-0.2, -0.15) is 11.8 Å². The first-order chi connectivity index (χ1) is 6.52. The van der Waals surface area contributed by atoms with Crippen LogP contribution < -0.4 is 0 Å². The first kappa shape index (κ1) is 13.0. The van der Waals surface area contributed by atoms with Gasteiger partial charge in [0.2, 0.25) is 0 Å². The van der Waals surface area contributed by atoms with Gasteiger partial charge in [-0.25, -0.2) is 0 Å². The Bertz CT molecular complexity index is 163. The third-order valence-corrected chi connectivity index (χ3v) is 5.13. The lowest BCUT2D eigenvalue weighted by Crippen LogP contribution is -2.36. The van der Waals surface area contributed by atoms with E-state index in [2.05, 4.69) is 20.8 Å². The maximum Gasteiger partial charge on any atom is 0.0388 e. The number of hydrogen-bond donors (Lipinski definition) is 0. The van der Waals surface area contributed by atoms with Gasteiger partial charge in [0.15, 0.2) is 0 Å². The average Bonchev–Trinajstić information content (AvgIpc) is 2.01. The number of hydrogen-bond acceptors (Lipinski definition) is 1. The second-order valence-corrected chi connectivity index (χ2v) is 7.51. The molecule has 0 aromatic heterocycles. The van der Waals surface area contributed by atoms with Crippen molar-refractivity contribution in [1.82, 2.24) is 0 Å². The Balaban J connectivity index is 2.53. The Morgan fingerprint density at radius 3 is 2.00 bits per heavy atom. The molecule has 1 fully saturated rings. The van der Waals surface area contributed by atoms with Crippen LogP contribution in [0.4, 0.5) is 0 Å². The van der Waals surface area contributed by atoms with Crippen LogP contribution in [0.2, 0.25) is 0 Å². The molecule has 0 aromatic rings. The predicted molar refractivity (Wildman–Crippen MR) is 68.8 cm³/mol. The van der Waals surface area contributed by atoms with Crippen LogP contribution in [0.3, 0.4) is 0 Å². The molecule has 84 valence electrons. The van der Waals surface area contributed by atoms with Crippen LogP contribution >= 0.6 is 35.0 Å². The predicted octanol–water partition coefficient (Wildman–Crippen LogP) is 4.53. The number of rotatable bonds is 3. The zero-order valence-corrected chi connectivity index (χ0v) is 11.5. The maximum atomic E-state index is 6.36. The van der Waals surface area contributed by atoms with Crippen LogP contribution in [0, 0.1) is 5.92 Å². The van der Waals surface area contributed by atoms with Crippen molar-refractivity contribution in [3.05, 3.63) is 0 Å². The standard InChI is InChI=1S/C11H20Cl2S/c1-7(2)14-8(3)11-9(12)5-4-6-10(11)13/h7-11H,4-6H2,1-3H3. The van der Waals surface area contributed by atoms with E-state index in [4.69, 9.17) is 23.2 Å². The van der Waals surface area contributed by atoms with Crippen LogP contribution in [0.1, 0.15) is 40.0 Å². The molecule has 0 spiro atoms. The molecule has 0 heterocycles. The molecule has 1 rings (SSSR count). The van der Waals surface area contributed by atoms with E-state index in [1.165, 1.54) is 6.42 Å². The van der Waals surface area contributed by atoms with Crippen LogP contribution in [-0.2, 0) is 0 Å². The van der Waals surface area contributed by atoms with E-state index < -0.39 is 0 Å². The summed E-state index contributed by atoms with van der Waals surface area (Å²) in [7, 11) is 0. The van der Waals surface area contributed by atoms with E-state index in [0.717, 1.165) is 12.8 Å². The zero-order valence-electron chi connectivity index (χ0n) is 9.17. The smallest absolute Gasteiger partial charge is 0.0388 e. The summed E-state index contributed by atoms with van der Waals surface area (Å²) in [5.74, 6) is 0.486. The Morgan fingerprint density at radius 1 is 1.07 bits per heavy atom. The summed E-state index contributed by atoms with van der Waals surface area (Å²) in [5.41, 5.74) is 0. The summed E-state index contributed by atoms with van der Waals surface area (Å²) < 4.78 is 0. The van der Waals surface area contributed by atoms with Crippen molar-refractivity contribution in [3.8, 4) is 0 Å². The maximum absolute atomic E-state index is 6.36. The van der Waals surface area contributed by atoms with Gasteiger partial charge in [-0.1, -0.05) is 27.2 Å². The van der Waals surface area contributed by atoms with Gasteiger partial charge in [-0.05, 0) is 18.1 Å². The first-order valence-electron chi connectivity index (χ1n) is 5.46. The molecule has 0 N–H and O–H groups in total. The number of thioether (sulfide) groups is 1. The molecule has 3 heteroatoms. The normalized spacial score (nSPS) is 36.0. The van der Waals surface area contributed by atoms with Gasteiger partial charge < -0.3 is 0 Å². The molecule has 1 aliphatic rings. The van der Waals surface area contributed by atoms with Crippen LogP contribution in [0.15, 0.2) is 0 Å². The minimum absolute atomic E-state index is 0.285. The van der Waals surface area contributed by atoms with Gasteiger partial charge in [0.25, 0.3) is 0 Å². The van der Waals surface area contributed by atoms with E-state index >= 15 is 0 Å². The van der Waals surface area contributed by atoms with E-state index in [0.29, 0.717) is 16.4 Å². The highest BCUT2D eigenvalue weighted by Gasteiger charge is 2.35. The first-order valence-corrected chi connectivity index (χ1v) is 7.27. The van der Waals surface area contributed by atoms with Crippen molar-refractivity contribution >= 4 is 35.0 Å². The Hall–Kier alpha value is 0.930. The molecule has 14 heavy (non-hydrogen) atoms. The SMILES string of the molecule is CC(C)SC(C)C1C(Cl)CCCC1Cl. The highest BCUT2D eigenvalue weighted by atomic mass is 35.5. The largest absolute Gasteiger partial charge is 0.156 e. The quantitative estimate of drug-likeness (QED) is 0.667. The molecule has 0 radical (unpaired) electrons. The summed E-state index contributed by atoms with van der Waals surface area (Å²) >= 11 is 14.7. The van der Waals surface area contributed by atoms with Crippen molar-refractivity contribution in [3.63, 3.8) is 0 Å². The highest BCUT2D eigenvalue weighted by molar-refractivity contribution is 8.00. The Morgan fingerprint density at radius 2 is 1.57 bits per heavy atom. The minimum Gasteiger partial charge on any atom is -0.156 e.